The standard InChI is InChI=1S/C11H16N2O3S/c1-8-6-10(2-3-11(8)12)17(15,16)13-5-4-9(14)7-13/h2-3,6,9,14H,4-5,7,12H2,1H3/t9-/m0/s1. The van der Waals surface area contributed by atoms with Crippen LogP contribution in [0.15, 0.2) is 23.1 Å². The van der Waals surface area contributed by atoms with Crippen molar-refractivity contribution < 1.29 is 13.5 Å². The van der Waals surface area contributed by atoms with E-state index in [1.54, 1.807) is 19.1 Å². The fourth-order valence-electron chi connectivity index (χ4n) is 1.89. The van der Waals surface area contributed by atoms with Gasteiger partial charge >= 0.3 is 0 Å². The normalized spacial score (nSPS) is 21.9. The molecule has 1 heterocycles. The number of nitrogens with zero attached hydrogens (tertiary/aromatic N) is 1. The van der Waals surface area contributed by atoms with Crippen LogP contribution in [0, 0.1) is 6.92 Å². The molecule has 1 aromatic rings. The number of benzene rings is 1. The lowest BCUT2D eigenvalue weighted by Crippen LogP contribution is -2.29. The molecule has 0 aromatic heterocycles. The van der Waals surface area contributed by atoms with Gasteiger partial charge < -0.3 is 10.8 Å². The van der Waals surface area contributed by atoms with Crippen LogP contribution in [-0.4, -0.2) is 37.0 Å². The number of aliphatic hydroxyl groups is 1. The maximum atomic E-state index is 12.2. The van der Waals surface area contributed by atoms with Crippen LogP contribution in [0.5, 0.6) is 0 Å². The van der Waals surface area contributed by atoms with Crippen LogP contribution >= 0.6 is 0 Å². The molecule has 1 fully saturated rings. The van der Waals surface area contributed by atoms with Crippen molar-refractivity contribution in [3.8, 4) is 0 Å². The number of hydrogen-bond acceptors (Lipinski definition) is 4. The molecule has 0 spiro atoms. The van der Waals surface area contributed by atoms with Crippen LogP contribution < -0.4 is 5.73 Å². The summed E-state index contributed by atoms with van der Waals surface area (Å²) in [6, 6.07) is 4.66. The fraction of sp³-hybridized carbons (Fsp3) is 0.455. The largest absolute Gasteiger partial charge is 0.399 e. The Balaban J connectivity index is 2.35. The van der Waals surface area contributed by atoms with E-state index in [0.717, 1.165) is 5.56 Å². The summed E-state index contributed by atoms with van der Waals surface area (Å²) in [6.07, 6.45) is -0.0626. The first-order valence-electron chi connectivity index (χ1n) is 5.45. The van der Waals surface area contributed by atoms with Crippen molar-refractivity contribution in [1.29, 1.82) is 0 Å². The first kappa shape index (κ1) is 12.3. The van der Waals surface area contributed by atoms with Crippen LogP contribution in [0.25, 0.3) is 0 Å². The molecule has 0 bridgehead atoms. The van der Waals surface area contributed by atoms with Gasteiger partial charge in [-0.2, -0.15) is 4.31 Å². The van der Waals surface area contributed by atoms with E-state index in [0.29, 0.717) is 18.7 Å². The summed E-state index contributed by atoms with van der Waals surface area (Å²) >= 11 is 0. The Morgan fingerprint density at radius 3 is 2.71 bits per heavy atom. The van der Waals surface area contributed by atoms with Crippen LogP contribution in [-0.2, 0) is 10.0 Å². The van der Waals surface area contributed by atoms with Crippen LogP contribution in [0.2, 0.25) is 0 Å². The van der Waals surface area contributed by atoms with E-state index < -0.39 is 16.1 Å². The highest BCUT2D eigenvalue weighted by Gasteiger charge is 2.31. The lowest BCUT2D eigenvalue weighted by Gasteiger charge is -2.16. The smallest absolute Gasteiger partial charge is 0.243 e. The summed E-state index contributed by atoms with van der Waals surface area (Å²) in [6.45, 7) is 2.31. The lowest BCUT2D eigenvalue weighted by atomic mass is 10.2. The molecular formula is C11H16N2O3S. The molecule has 0 radical (unpaired) electrons. The summed E-state index contributed by atoms with van der Waals surface area (Å²) in [7, 11) is -3.49. The van der Waals surface area contributed by atoms with Gasteiger partial charge in [0.05, 0.1) is 11.0 Å². The molecule has 1 aromatic carbocycles. The first-order valence-corrected chi connectivity index (χ1v) is 6.89. The van der Waals surface area contributed by atoms with E-state index in [1.165, 1.54) is 10.4 Å². The summed E-state index contributed by atoms with van der Waals surface area (Å²) in [4.78, 5) is 0.235. The number of rotatable bonds is 2. The summed E-state index contributed by atoms with van der Waals surface area (Å²) in [5, 5.41) is 9.38. The monoisotopic (exact) mass is 256 g/mol. The molecule has 94 valence electrons. The molecule has 1 aliphatic heterocycles. The predicted molar refractivity (Wildman–Crippen MR) is 65.0 cm³/mol. The average Bonchev–Trinajstić information content (AvgIpc) is 2.69. The molecule has 6 heteroatoms. The zero-order chi connectivity index (χ0) is 12.6. The van der Waals surface area contributed by atoms with Gasteiger partial charge in [0.25, 0.3) is 0 Å². The van der Waals surface area contributed by atoms with Crippen LogP contribution in [0.3, 0.4) is 0 Å². The van der Waals surface area contributed by atoms with Gasteiger partial charge in [-0.25, -0.2) is 8.42 Å². The van der Waals surface area contributed by atoms with E-state index >= 15 is 0 Å². The van der Waals surface area contributed by atoms with Crippen LogP contribution in [0.1, 0.15) is 12.0 Å². The van der Waals surface area contributed by atoms with Gasteiger partial charge in [0.1, 0.15) is 0 Å². The van der Waals surface area contributed by atoms with Crippen molar-refractivity contribution in [3.63, 3.8) is 0 Å². The second-order valence-electron chi connectivity index (χ2n) is 4.32. The summed E-state index contributed by atoms with van der Waals surface area (Å²) in [5.41, 5.74) is 6.98. The number of nitrogens with two attached hydrogens (primary N) is 1. The molecule has 3 N–H and O–H groups in total. The van der Waals surface area contributed by atoms with E-state index in [1.807, 2.05) is 0 Å². The fourth-order valence-corrected chi connectivity index (χ4v) is 3.46. The minimum atomic E-state index is -3.49. The van der Waals surface area contributed by atoms with Gasteiger partial charge in [0, 0.05) is 18.8 Å². The molecule has 1 atom stereocenters. The molecule has 0 saturated carbocycles. The van der Waals surface area contributed by atoms with Crippen molar-refractivity contribution in [3.05, 3.63) is 23.8 Å². The quantitative estimate of drug-likeness (QED) is 0.747. The summed E-state index contributed by atoms with van der Waals surface area (Å²) < 4.78 is 25.7. The Hall–Kier alpha value is -1.11. The van der Waals surface area contributed by atoms with Crippen molar-refractivity contribution in [2.45, 2.75) is 24.3 Å². The third-order valence-corrected chi connectivity index (χ3v) is 4.87. The van der Waals surface area contributed by atoms with E-state index in [9.17, 15) is 13.5 Å². The van der Waals surface area contributed by atoms with E-state index in [4.69, 9.17) is 5.73 Å². The molecule has 1 aliphatic rings. The Labute approximate surface area is 101 Å². The highest BCUT2D eigenvalue weighted by Crippen LogP contribution is 2.23. The van der Waals surface area contributed by atoms with Gasteiger partial charge in [-0.3, -0.25) is 0 Å². The van der Waals surface area contributed by atoms with Gasteiger partial charge in [0.15, 0.2) is 0 Å². The SMILES string of the molecule is Cc1cc(S(=O)(=O)N2CC[C@H](O)C2)ccc1N. The zero-order valence-corrected chi connectivity index (χ0v) is 10.4. The zero-order valence-electron chi connectivity index (χ0n) is 9.63. The number of aliphatic hydroxyl groups excluding tert-OH is 1. The molecule has 5 nitrogen and oxygen atoms in total. The lowest BCUT2D eigenvalue weighted by molar-refractivity contribution is 0.189. The van der Waals surface area contributed by atoms with Gasteiger partial charge in [-0.1, -0.05) is 0 Å². The van der Waals surface area contributed by atoms with Crippen LogP contribution in [0.4, 0.5) is 5.69 Å². The maximum Gasteiger partial charge on any atom is 0.243 e. The Morgan fingerprint density at radius 2 is 2.18 bits per heavy atom. The van der Waals surface area contributed by atoms with Crippen molar-refractivity contribution >= 4 is 15.7 Å². The number of sulfonamides is 1. The third kappa shape index (κ3) is 2.29. The average molecular weight is 256 g/mol. The topological polar surface area (TPSA) is 83.6 Å². The number of hydrogen-bond donors (Lipinski definition) is 2. The Bertz CT molecular complexity index is 528. The molecule has 0 amide bonds. The molecule has 0 aliphatic carbocycles. The molecule has 1 saturated heterocycles. The molecule has 0 unspecified atom stereocenters. The Kier molecular flexibility index (Phi) is 3.11. The van der Waals surface area contributed by atoms with Crippen molar-refractivity contribution in [2.24, 2.45) is 0 Å². The van der Waals surface area contributed by atoms with Gasteiger partial charge in [-0.05, 0) is 37.1 Å². The van der Waals surface area contributed by atoms with E-state index in [2.05, 4.69) is 0 Å². The second-order valence-corrected chi connectivity index (χ2v) is 6.26. The number of anilines is 1. The number of nitrogen functional groups attached to an aromatic ring is 1. The highest BCUT2D eigenvalue weighted by molar-refractivity contribution is 7.89. The van der Waals surface area contributed by atoms with Gasteiger partial charge in [-0.15, -0.1) is 0 Å². The van der Waals surface area contributed by atoms with Crippen molar-refractivity contribution in [2.75, 3.05) is 18.8 Å². The second kappa shape index (κ2) is 4.29. The molecule has 2 rings (SSSR count). The molecular weight excluding hydrogens is 240 g/mol. The van der Waals surface area contributed by atoms with Crippen molar-refractivity contribution in [1.82, 2.24) is 4.31 Å². The number of β-amino-alcohol motifs (C(OH)–C–C–N with tert-alkyl or cyclic N) is 1. The number of aryl methyl sites for hydroxylation is 1. The highest BCUT2D eigenvalue weighted by atomic mass is 32.2. The third-order valence-electron chi connectivity index (χ3n) is 3.01. The maximum absolute atomic E-state index is 12.2. The molecule has 17 heavy (non-hydrogen) atoms. The minimum Gasteiger partial charge on any atom is -0.399 e. The van der Waals surface area contributed by atoms with Gasteiger partial charge in [0.2, 0.25) is 10.0 Å². The van der Waals surface area contributed by atoms with E-state index in [-0.39, 0.29) is 11.4 Å². The Morgan fingerprint density at radius 1 is 1.47 bits per heavy atom. The summed E-state index contributed by atoms with van der Waals surface area (Å²) in [5.74, 6) is 0. The first-order chi connectivity index (χ1) is 7.91. The minimum absolute atomic E-state index is 0.172. The predicted octanol–water partition coefficient (Wildman–Crippen LogP) is 0.333.